The summed E-state index contributed by atoms with van der Waals surface area (Å²) < 4.78 is 45.6. The summed E-state index contributed by atoms with van der Waals surface area (Å²) >= 11 is 0. The van der Waals surface area contributed by atoms with Gasteiger partial charge in [-0.2, -0.15) is 13.2 Å². The van der Waals surface area contributed by atoms with E-state index in [1.165, 1.54) is 44.2 Å². The molecule has 2 heterocycles. The summed E-state index contributed by atoms with van der Waals surface area (Å²) in [6.45, 7) is 1.97. The Bertz CT molecular complexity index is 967. The fourth-order valence-corrected chi connectivity index (χ4v) is 3.92. The molecule has 2 aromatic heterocycles. The van der Waals surface area contributed by atoms with Gasteiger partial charge in [0.2, 0.25) is 0 Å². The van der Waals surface area contributed by atoms with E-state index in [0.29, 0.717) is 11.6 Å². The van der Waals surface area contributed by atoms with E-state index in [-0.39, 0.29) is 11.3 Å². The van der Waals surface area contributed by atoms with Gasteiger partial charge in [0, 0.05) is 11.3 Å². The maximum absolute atomic E-state index is 13.3. The molecule has 1 N–H and O–H groups in total. The number of aromatic nitrogens is 2. The van der Waals surface area contributed by atoms with Crippen LogP contribution < -0.4 is 0 Å². The number of H-pyrrole nitrogens is 1. The van der Waals surface area contributed by atoms with Crippen LogP contribution in [0.5, 0.6) is 0 Å². The molecule has 0 saturated heterocycles. The number of benzene rings is 1. The van der Waals surface area contributed by atoms with Crippen LogP contribution in [0.1, 0.15) is 55.5 Å². The van der Waals surface area contributed by atoms with Crippen molar-refractivity contribution in [3.05, 3.63) is 53.3 Å². The molecular formula is C23H25F3N2O. The Hall–Kier alpha value is -2.50. The van der Waals surface area contributed by atoms with Crippen LogP contribution in [0.25, 0.3) is 22.9 Å². The summed E-state index contributed by atoms with van der Waals surface area (Å²) in [5.74, 6) is 2.11. The third-order valence-corrected chi connectivity index (χ3v) is 5.82. The molecule has 0 spiro atoms. The topological polar surface area (TPSA) is 41.8 Å². The lowest BCUT2D eigenvalue weighted by molar-refractivity contribution is -0.137. The van der Waals surface area contributed by atoms with Crippen LogP contribution in [0.15, 0.2) is 40.8 Å². The molecule has 3 nitrogen and oxygen atoms in total. The first-order valence-electron chi connectivity index (χ1n) is 10.2. The molecule has 1 fully saturated rings. The van der Waals surface area contributed by atoms with Gasteiger partial charge < -0.3 is 9.40 Å². The number of aryl methyl sites for hydroxylation is 2. The van der Waals surface area contributed by atoms with Crippen molar-refractivity contribution in [1.29, 1.82) is 0 Å². The molecule has 4 rings (SSSR count). The van der Waals surface area contributed by atoms with Crippen LogP contribution in [-0.2, 0) is 12.6 Å². The van der Waals surface area contributed by atoms with Crippen LogP contribution >= 0.6 is 0 Å². The minimum atomic E-state index is -4.43. The van der Waals surface area contributed by atoms with Crippen LogP contribution in [-0.4, -0.2) is 9.97 Å². The molecule has 0 amide bonds. The number of halogens is 3. The molecule has 6 heteroatoms. The number of aromatic amines is 1. The fourth-order valence-electron chi connectivity index (χ4n) is 3.92. The summed E-state index contributed by atoms with van der Waals surface area (Å²) in [6.07, 6.45) is 4.22. The van der Waals surface area contributed by atoms with E-state index in [2.05, 4.69) is 9.97 Å². The summed E-state index contributed by atoms with van der Waals surface area (Å²) in [4.78, 5) is 7.85. The first kappa shape index (κ1) is 19.8. The highest BCUT2D eigenvalue weighted by molar-refractivity contribution is 5.66. The molecule has 3 aromatic rings. The van der Waals surface area contributed by atoms with Gasteiger partial charge >= 0.3 is 6.18 Å². The monoisotopic (exact) mass is 402 g/mol. The van der Waals surface area contributed by atoms with Crippen molar-refractivity contribution in [3.8, 4) is 22.9 Å². The molecule has 0 radical (unpaired) electrons. The highest BCUT2D eigenvalue weighted by Gasteiger charge is 2.34. The third kappa shape index (κ3) is 4.41. The van der Waals surface area contributed by atoms with Crippen molar-refractivity contribution in [2.45, 2.75) is 58.0 Å². The Balaban J connectivity index is 1.47. The zero-order valence-electron chi connectivity index (χ0n) is 16.5. The number of nitrogens with one attached hydrogen (secondary N) is 1. The minimum absolute atomic E-state index is 0.0331. The van der Waals surface area contributed by atoms with Crippen LogP contribution in [0.2, 0.25) is 0 Å². The third-order valence-electron chi connectivity index (χ3n) is 5.82. The smallest absolute Gasteiger partial charge is 0.417 e. The molecule has 1 aliphatic rings. The second kappa shape index (κ2) is 8.09. The molecule has 1 aromatic carbocycles. The van der Waals surface area contributed by atoms with E-state index in [4.69, 9.17) is 4.42 Å². The van der Waals surface area contributed by atoms with E-state index in [9.17, 15) is 13.2 Å². The second-order valence-corrected chi connectivity index (χ2v) is 7.91. The maximum Gasteiger partial charge on any atom is 0.417 e. The average molecular weight is 402 g/mol. The first-order chi connectivity index (χ1) is 13.9. The predicted molar refractivity (Wildman–Crippen MR) is 106 cm³/mol. The van der Waals surface area contributed by atoms with E-state index >= 15 is 0 Å². The number of hydrogen-bond acceptors (Lipinski definition) is 2. The van der Waals surface area contributed by atoms with Gasteiger partial charge in [-0.25, -0.2) is 4.98 Å². The molecule has 154 valence electrons. The molecule has 0 atom stereocenters. The van der Waals surface area contributed by atoms with Gasteiger partial charge in [-0.05, 0) is 43.9 Å². The molecule has 29 heavy (non-hydrogen) atoms. The van der Waals surface area contributed by atoms with Gasteiger partial charge in [-0.1, -0.05) is 50.3 Å². The SMILES string of the molecule is Cc1[nH]c(-c2ccc(-c3ccccc3C(F)(F)F)o2)nc1CCCCC1CCC1. The van der Waals surface area contributed by atoms with Crippen molar-refractivity contribution in [2.75, 3.05) is 0 Å². The molecule has 1 aliphatic carbocycles. The first-order valence-corrected chi connectivity index (χ1v) is 10.2. The van der Waals surface area contributed by atoms with E-state index < -0.39 is 11.7 Å². The van der Waals surface area contributed by atoms with Crippen molar-refractivity contribution in [1.82, 2.24) is 9.97 Å². The minimum Gasteiger partial charge on any atom is -0.453 e. The average Bonchev–Trinajstić information content (AvgIpc) is 3.26. The predicted octanol–water partition coefficient (Wildman–Crippen LogP) is 7.18. The van der Waals surface area contributed by atoms with Crippen molar-refractivity contribution in [2.24, 2.45) is 5.92 Å². The van der Waals surface area contributed by atoms with Gasteiger partial charge in [0.25, 0.3) is 0 Å². The highest BCUT2D eigenvalue weighted by atomic mass is 19.4. The van der Waals surface area contributed by atoms with Gasteiger partial charge in [0.1, 0.15) is 5.76 Å². The summed E-state index contributed by atoms with van der Waals surface area (Å²) in [5.41, 5.74) is 1.31. The number of hydrogen-bond donors (Lipinski definition) is 1. The van der Waals surface area contributed by atoms with Gasteiger partial charge in [0.15, 0.2) is 11.6 Å². The quantitative estimate of drug-likeness (QED) is 0.425. The number of unbranched alkanes of at least 4 members (excludes halogenated alkanes) is 1. The van der Waals surface area contributed by atoms with E-state index in [1.54, 1.807) is 18.2 Å². The van der Waals surface area contributed by atoms with Crippen molar-refractivity contribution < 1.29 is 17.6 Å². The zero-order valence-corrected chi connectivity index (χ0v) is 16.5. The Morgan fingerprint density at radius 2 is 1.83 bits per heavy atom. The van der Waals surface area contributed by atoms with Crippen LogP contribution in [0, 0.1) is 12.8 Å². The second-order valence-electron chi connectivity index (χ2n) is 7.91. The number of imidazole rings is 1. The zero-order chi connectivity index (χ0) is 20.4. The summed E-state index contributed by atoms with van der Waals surface area (Å²) in [6, 6.07) is 8.68. The van der Waals surface area contributed by atoms with Crippen molar-refractivity contribution in [3.63, 3.8) is 0 Å². The standard InChI is InChI=1S/C23H25F3N2O/c1-15-19(12-5-2-7-16-8-6-9-16)28-22(27-15)21-14-13-20(29-21)17-10-3-4-11-18(17)23(24,25)26/h3-4,10-11,13-14,16H,2,5-9,12H2,1H3,(H,27,28). The van der Waals surface area contributed by atoms with E-state index in [0.717, 1.165) is 36.2 Å². The lowest BCUT2D eigenvalue weighted by Gasteiger charge is -2.24. The van der Waals surface area contributed by atoms with Crippen molar-refractivity contribution >= 4 is 0 Å². The van der Waals surface area contributed by atoms with Crippen LogP contribution in [0.4, 0.5) is 13.2 Å². The largest absolute Gasteiger partial charge is 0.453 e. The Labute approximate surface area is 168 Å². The number of rotatable bonds is 7. The molecular weight excluding hydrogens is 377 g/mol. The fraction of sp³-hybridized carbons (Fsp3) is 0.435. The van der Waals surface area contributed by atoms with E-state index in [1.807, 2.05) is 6.92 Å². The molecule has 0 unspecified atom stereocenters. The lowest BCUT2D eigenvalue weighted by atomic mass is 9.82. The molecule has 1 saturated carbocycles. The lowest BCUT2D eigenvalue weighted by Crippen LogP contribution is -2.10. The highest BCUT2D eigenvalue weighted by Crippen LogP contribution is 2.38. The van der Waals surface area contributed by atoms with Crippen LogP contribution in [0.3, 0.4) is 0 Å². The van der Waals surface area contributed by atoms with Gasteiger partial charge in [-0.3, -0.25) is 0 Å². The number of nitrogens with zero attached hydrogens (tertiary/aromatic N) is 1. The summed E-state index contributed by atoms with van der Waals surface area (Å²) in [5, 5.41) is 0. The Kier molecular flexibility index (Phi) is 5.52. The Morgan fingerprint density at radius 1 is 1.07 bits per heavy atom. The maximum atomic E-state index is 13.3. The molecule has 0 bridgehead atoms. The Morgan fingerprint density at radius 3 is 2.55 bits per heavy atom. The normalized spacial score (nSPS) is 14.9. The van der Waals surface area contributed by atoms with Gasteiger partial charge in [-0.15, -0.1) is 0 Å². The molecule has 0 aliphatic heterocycles. The summed E-state index contributed by atoms with van der Waals surface area (Å²) in [7, 11) is 0. The van der Waals surface area contributed by atoms with Gasteiger partial charge in [0.05, 0.1) is 11.3 Å². The number of alkyl halides is 3. The number of furan rings is 1.